The summed E-state index contributed by atoms with van der Waals surface area (Å²) >= 11 is 5.47. The SMILES string of the molecule is COc1cc(C)c(S(=O)(=O)NCCCl)cc1C. The van der Waals surface area contributed by atoms with Gasteiger partial charge in [-0.05, 0) is 37.1 Å². The topological polar surface area (TPSA) is 55.4 Å². The maximum Gasteiger partial charge on any atom is 0.240 e. The standard InChI is InChI=1S/C11H16ClNO3S/c1-8-7-11(9(2)6-10(8)16-3)17(14,15)13-5-4-12/h6-7,13H,4-5H2,1-3H3. The molecule has 0 unspecified atom stereocenters. The Morgan fingerprint density at radius 3 is 2.47 bits per heavy atom. The second-order valence-electron chi connectivity index (χ2n) is 3.67. The normalized spacial score (nSPS) is 11.5. The van der Waals surface area contributed by atoms with Crippen molar-refractivity contribution in [2.45, 2.75) is 18.7 Å². The Balaban J connectivity index is 3.19. The third kappa shape index (κ3) is 3.34. The molecule has 0 aliphatic heterocycles. The van der Waals surface area contributed by atoms with Gasteiger partial charge < -0.3 is 4.74 Å². The van der Waals surface area contributed by atoms with Crippen LogP contribution in [0.2, 0.25) is 0 Å². The van der Waals surface area contributed by atoms with E-state index in [4.69, 9.17) is 16.3 Å². The van der Waals surface area contributed by atoms with E-state index in [-0.39, 0.29) is 17.3 Å². The van der Waals surface area contributed by atoms with E-state index in [0.717, 1.165) is 5.56 Å². The van der Waals surface area contributed by atoms with E-state index in [9.17, 15) is 8.42 Å². The van der Waals surface area contributed by atoms with Crippen molar-refractivity contribution in [3.8, 4) is 5.75 Å². The first-order chi connectivity index (χ1) is 7.92. The fourth-order valence-corrected chi connectivity index (χ4v) is 3.07. The zero-order valence-electron chi connectivity index (χ0n) is 10.1. The molecule has 1 aromatic carbocycles. The van der Waals surface area contributed by atoms with Gasteiger partial charge in [0.2, 0.25) is 10.0 Å². The van der Waals surface area contributed by atoms with Crippen LogP contribution in [0.4, 0.5) is 0 Å². The monoisotopic (exact) mass is 277 g/mol. The van der Waals surface area contributed by atoms with E-state index < -0.39 is 10.0 Å². The van der Waals surface area contributed by atoms with E-state index >= 15 is 0 Å². The summed E-state index contributed by atoms with van der Waals surface area (Å²) in [5.41, 5.74) is 1.43. The van der Waals surface area contributed by atoms with Crippen LogP contribution in [0.15, 0.2) is 17.0 Å². The van der Waals surface area contributed by atoms with E-state index in [0.29, 0.717) is 11.3 Å². The molecule has 0 spiro atoms. The predicted octanol–water partition coefficient (Wildman–Crippen LogP) is 1.83. The van der Waals surface area contributed by atoms with Crippen LogP contribution in [0.25, 0.3) is 0 Å². The third-order valence-corrected chi connectivity index (χ3v) is 4.16. The number of halogens is 1. The molecular formula is C11H16ClNO3S. The molecule has 17 heavy (non-hydrogen) atoms. The lowest BCUT2D eigenvalue weighted by Gasteiger charge is -2.12. The molecule has 0 saturated heterocycles. The van der Waals surface area contributed by atoms with Crippen LogP contribution in [-0.2, 0) is 10.0 Å². The molecule has 1 aromatic rings. The average Bonchev–Trinajstić information content (AvgIpc) is 2.28. The van der Waals surface area contributed by atoms with Crippen molar-refractivity contribution in [3.63, 3.8) is 0 Å². The van der Waals surface area contributed by atoms with Gasteiger partial charge in [0.05, 0.1) is 12.0 Å². The van der Waals surface area contributed by atoms with Crippen molar-refractivity contribution >= 4 is 21.6 Å². The highest BCUT2D eigenvalue weighted by molar-refractivity contribution is 7.89. The minimum Gasteiger partial charge on any atom is -0.496 e. The molecule has 96 valence electrons. The summed E-state index contributed by atoms with van der Waals surface area (Å²) < 4.78 is 31.5. The number of ether oxygens (including phenoxy) is 1. The van der Waals surface area contributed by atoms with Crippen molar-refractivity contribution in [2.75, 3.05) is 19.5 Å². The van der Waals surface area contributed by atoms with Crippen molar-refractivity contribution in [3.05, 3.63) is 23.3 Å². The van der Waals surface area contributed by atoms with Crippen LogP contribution in [0.3, 0.4) is 0 Å². The van der Waals surface area contributed by atoms with Crippen LogP contribution in [0.1, 0.15) is 11.1 Å². The molecule has 4 nitrogen and oxygen atoms in total. The number of hydrogen-bond donors (Lipinski definition) is 1. The van der Waals surface area contributed by atoms with Gasteiger partial charge in [0.15, 0.2) is 0 Å². The van der Waals surface area contributed by atoms with Crippen LogP contribution < -0.4 is 9.46 Å². The second kappa shape index (κ2) is 5.71. The second-order valence-corrected chi connectivity index (χ2v) is 5.79. The van der Waals surface area contributed by atoms with E-state index in [1.807, 2.05) is 0 Å². The highest BCUT2D eigenvalue weighted by Gasteiger charge is 2.17. The van der Waals surface area contributed by atoms with Gasteiger partial charge in [-0.2, -0.15) is 0 Å². The highest BCUT2D eigenvalue weighted by Crippen LogP contribution is 2.25. The first-order valence-corrected chi connectivity index (χ1v) is 7.15. The van der Waals surface area contributed by atoms with Crippen molar-refractivity contribution in [1.29, 1.82) is 0 Å². The summed E-state index contributed by atoms with van der Waals surface area (Å²) in [5, 5.41) is 0. The maximum atomic E-state index is 12.0. The first-order valence-electron chi connectivity index (χ1n) is 5.13. The minimum atomic E-state index is -3.49. The number of methoxy groups -OCH3 is 1. The summed E-state index contributed by atoms with van der Waals surface area (Å²) in [5.74, 6) is 0.923. The van der Waals surface area contributed by atoms with Crippen LogP contribution >= 0.6 is 11.6 Å². The Kier molecular flexibility index (Phi) is 4.80. The maximum absolute atomic E-state index is 12.0. The number of sulfonamides is 1. The molecule has 0 saturated carbocycles. The van der Waals surface area contributed by atoms with Crippen molar-refractivity contribution < 1.29 is 13.2 Å². The summed E-state index contributed by atoms with van der Waals surface area (Å²) in [7, 11) is -1.93. The average molecular weight is 278 g/mol. The Hall–Kier alpha value is -0.780. The molecule has 0 radical (unpaired) electrons. The summed E-state index contributed by atoms with van der Waals surface area (Å²) in [6.07, 6.45) is 0. The number of hydrogen-bond acceptors (Lipinski definition) is 3. The molecule has 0 bridgehead atoms. The zero-order valence-corrected chi connectivity index (χ0v) is 11.7. The minimum absolute atomic E-state index is 0.217. The molecule has 0 fully saturated rings. The van der Waals surface area contributed by atoms with Gasteiger partial charge in [-0.1, -0.05) is 0 Å². The van der Waals surface area contributed by atoms with E-state index in [1.165, 1.54) is 0 Å². The highest BCUT2D eigenvalue weighted by atomic mass is 35.5. The molecule has 0 amide bonds. The van der Waals surface area contributed by atoms with Gasteiger partial charge in [0.25, 0.3) is 0 Å². The quantitative estimate of drug-likeness (QED) is 0.836. The lowest BCUT2D eigenvalue weighted by atomic mass is 10.1. The van der Waals surface area contributed by atoms with Crippen LogP contribution in [-0.4, -0.2) is 28.0 Å². The van der Waals surface area contributed by atoms with Gasteiger partial charge in [-0.3, -0.25) is 0 Å². The molecule has 1 N–H and O–H groups in total. The lowest BCUT2D eigenvalue weighted by Crippen LogP contribution is -2.26. The fraction of sp³-hybridized carbons (Fsp3) is 0.455. The fourth-order valence-electron chi connectivity index (χ4n) is 1.52. The number of aryl methyl sites for hydroxylation is 2. The number of benzene rings is 1. The Morgan fingerprint density at radius 1 is 1.29 bits per heavy atom. The van der Waals surface area contributed by atoms with Crippen molar-refractivity contribution in [2.24, 2.45) is 0 Å². The predicted molar refractivity (Wildman–Crippen MR) is 68.4 cm³/mol. The Bertz CT molecular complexity index is 500. The molecule has 0 aliphatic rings. The molecule has 0 atom stereocenters. The number of alkyl halides is 1. The van der Waals surface area contributed by atoms with E-state index in [2.05, 4.69) is 4.72 Å². The molecule has 1 rings (SSSR count). The van der Waals surface area contributed by atoms with Gasteiger partial charge in [0, 0.05) is 12.4 Å². The largest absolute Gasteiger partial charge is 0.496 e. The van der Waals surface area contributed by atoms with Gasteiger partial charge in [-0.25, -0.2) is 13.1 Å². The summed E-state index contributed by atoms with van der Waals surface area (Å²) in [6, 6.07) is 3.31. The third-order valence-electron chi connectivity index (χ3n) is 2.37. The van der Waals surface area contributed by atoms with Gasteiger partial charge in [0.1, 0.15) is 5.75 Å². The first kappa shape index (κ1) is 14.3. The molecular weight excluding hydrogens is 262 g/mol. The summed E-state index contributed by atoms with van der Waals surface area (Å²) in [4.78, 5) is 0.265. The van der Waals surface area contributed by atoms with E-state index in [1.54, 1.807) is 33.1 Å². The molecule has 0 heterocycles. The van der Waals surface area contributed by atoms with Crippen LogP contribution in [0.5, 0.6) is 5.75 Å². The van der Waals surface area contributed by atoms with Crippen LogP contribution in [0, 0.1) is 13.8 Å². The molecule has 0 aliphatic carbocycles. The number of nitrogens with one attached hydrogen (secondary N) is 1. The number of rotatable bonds is 5. The Morgan fingerprint density at radius 2 is 1.94 bits per heavy atom. The van der Waals surface area contributed by atoms with Crippen molar-refractivity contribution in [1.82, 2.24) is 4.72 Å². The smallest absolute Gasteiger partial charge is 0.240 e. The van der Waals surface area contributed by atoms with Gasteiger partial charge >= 0.3 is 0 Å². The lowest BCUT2D eigenvalue weighted by molar-refractivity contribution is 0.411. The molecule has 0 aromatic heterocycles. The zero-order chi connectivity index (χ0) is 13.1. The van der Waals surface area contributed by atoms with Gasteiger partial charge in [-0.15, -0.1) is 11.6 Å². The summed E-state index contributed by atoms with van der Waals surface area (Å²) in [6.45, 7) is 3.75. The Labute approximate surface area is 107 Å². The molecule has 6 heteroatoms.